The van der Waals surface area contributed by atoms with Crippen LogP contribution in [0.2, 0.25) is 5.02 Å². The number of halogens is 1. The third kappa shape index (κ3) is 6.90. The summed E-state index contributed by atoms with van der Waals surface area (Å²) in [7, 11) is 0. The molecule has 2 heterocycles. The molecular formula is C33H31ClN6O4. The fraction of sp³-hybridized carbons (Fsp3) is 0.242. The average Bonchev–Trinajstić information content (AvgIpc) is 3.46. The number of nitrogens with two attached hydrogens (primary N) is 1. The van der Waals surface area contributed by atoms with Crippen LogP contribution in [0.5, 0.6) is 5.75 Å². The lowest BCUT2D eigenvalue weighted by atomic mass is 9.95. The Kier molecular flexibility index (Phi) is 9.26. The lowest BCUT2D eigenvalue weighted by Gasteiger charge is -2.36. The van der Waals surface area contributed by atoms with Crippen LogP contribution in [0.15, 0.2) is 79.3 Å². The summed E-state index contributed by atoms with van der Waals surface area (Å²) in [5.74, 6) is -0.943. The van der Waals surface area contributed by atoms with Gasteiger partial charge in [0.25, 0.3) is 5.91 Å². The molecule has 0 saturated carbocycles. The van der Waals surface area contributed by atoms with Crippen molar-refractivity contribution in [3.05, 3.63) is 118 Å². The predicted molar refractivity (Wildman–Crippen MR) is 164 cm³/mol. The second-order valence-electron chi connectivity index (χ2n) is 10.6. The smallest absolute Gasteiger partial charge is 0.255 e. The lowest BCUT2D eigenvalue weighted by Crippen LogP contribution is -2.46. The summed E-state index contributed by atoms with van der Waals surface area (Å²) in [6.07, 6.45) is 4.17. The van der Waals surface area contributed by atoms with Gasteiger partial charge in [-0.3, -0.25) is 14.4 Å². The van der Waals surface area contributed by atoms with Crippen LogP contribution >= 0.6 is 11.6 Å². The summed E-state index contributed by atoms with van der Waals surface area (Å²) in [6.45, 7) is 2.62. The summed E-state index contributed by atoms with van der Waals surface area (Å²) < 4.78 is 7.96. The number of nitrogens with zero attached hydrogens (tertiary/aromatic N) is 4. The van der Waals surface area contributed by atoms with E-state index in [1.807, 2.05) is 22.8 Å². The molecule has 1 aliphatic rings. The summed E-state index contributed by atoms with van der Waals surface area (Å²) in [5, 5.41) is 12.4. The van der Waals surface area contributed by atoms with Gasteiger partial charge in [-0.1, -0.05) is 48.0 Å². The molecular weight excluding hydrogens is 580 g/mol. The van der Waals surface area contributed by atoms with E-state index in [0.717, 1.165) is 16.8 Å². The Hall–Kier alpha value is -5.14. The first-order valence-corrected chi connectivity index (χ1v) is 14.5. The van der Waals surface area contributed by atoms with Crippen molar-refractivity contribution in [3.8, 4) is 11.8 Å². The number of fused-ring (bicyclic) bond motifs is 1. The summed E-state index contributed by atoms with van der Waals surface area (Å²) >= 11 is 5.97. The Balaban J connectivity index is 1.36. The molecule has 44 heavy (non-hydrogen) atoms. The number of nitrogens with one attached hydrogen (secondary N) is 1. The Morgan fingerprint density at radius 3 is 2.55 bits per heavy atom. The molecule has 0 spiro atoms. The second-order valence-corrected chi connectivity index (χ2v) is 11.0. The van der Waals surface area contributed by atoms with E-state index in [1.165, 1.54) is 6.92 Å². The molecule has 11 heteroatoms. The molecule has 1 unspecified atom stereocenters. The normalized spacial score (nSPS) is 14.4. The highest BCUT2D eigenvalue weighted by Gasteiger charge is 2.33. The van der Waals surface area contributed by atoms with Gasteiger partial charge in [-0.05, 0) is 41.5 Å². The molecule has 10 nitrogen and oxygen atoms in total. The number of rotatable bonds is 10. The molecule has 0 aliphatic carbocycles. The van der Waals surface area contributed by atoms with Crippen molar-refractivity contribution in [1.29, 1.82) is 5.26 Å². The maximum absolute atomic E-state index is 13.5. The van der Waals surface area contributed by atoms with Crippen molar-refractivity contribution in [2.75, 3.05) is 6.61 Å². The van der Waals surface area contributed by atoms with Crippen LogP contribution in [0.1, 0.15) is 57.7 Å². The van der Waals surface area contributed by atoms with Gasteiger partial charge in [-0.25, -0.2) is 4.98 Å². The van der Waals surface area contributed by atoms with E-state index in [4.69, 9.17) is 27.3 Å². The standard InChI is InChI=1S/C33H31ClN6O4/c1-21(41)40(19-26-17-37-20-39(26)18-24-7-5-23(16-35)6-8-24)30-13-14-44-31-27(30)3-2-4-28(31)33(43)38-29(32(36)42)15-22-9-11-25(34)12-10-22/h2-12,17,20,29-30H,13-15,18-19H2,1H3,(H2,36,42)(H,38,43)/t29-,30?/m0/s1. The Morgan fingerprint density at radius 1 is 1.14 bits per heavy atom. The molecule has 0 bridgehead atoms. The molecule has 224 valence electrons. The summed E-state index contributed by atoms with van der Waals surface area (Å²) in [4.78, 5) is 44.8. The number of imidazole rings is 1. The Bertz CT molecular complexity index is 1710. The first-order valence-electron chi connectivity index (χ1n) is 14.1. The lowest BCUT2D eigenvalue weighted by molar-refractivity contribution is -0.132. The van der Waals surface area contributed by atoms with E-state index in [2.05, 4.69) is 16.4 Å². The maximum atomic E-state index is 13.5. The minimum absolute atomic E-state index is 0.138. The van der Waals surface area contributed by atoms with Gasteiger partial charge in [0.05, 0.1) is 48.4 Å². The van der Waals surface area contributed by atoms with Crippen LogP contribution in [-0.4, -0.2) is 44.8 Å². The van der Waals surface area contributed by atoms with Gasteiger partial charge in [-0.15, -0.1) is 0 Å². The molecule has 0 radical (unpaired) electrons. The maximum Gasteiger partial charge on any atom is 0.255 e. The van der Waals surface area contributed by atoms with Crippen molar-refractivity contribution in [2.45, 2.75) is 44.9 Å². The third-order valence-corrected chi connectivity index (χ3v) is 7.89. The first-order chi connectivity index (χ1) is 21.2. The number of benzene rings is 3. The number of amides is 3. The van der Waals surface area contributed by atoms with Crippen LogP contribution < -0.4 is 15.8 Å². The van der Waals surface area contributed by atoms with Gasteiger partial charge < -0.3 is 25.3 Å². The van der Waals surface area contributed by atoms with Crippen molar-refractivity contribution in [1.82, 2.24) is 19.8 Å². The fourth-order valence-electron chi connectivity index (χ4n) is 5.34. The van der Waals surface area contributed by atoms with E-state index in [9.17, 15) is 14.4 Å². The summed E-state index contributed by atoms with van der Waals surface area (Å²) in [5.41, 5.74) is 9.79. The van der Waals surface area contributed by atoms with Gasteiger partial charge >= 0.3 is 0 Å². The number of nitriles is 1. The zero-order valence-electron chi connectivity index (χ0n) is 24.1. The van der Waals surface area contributed by atoms with Crippen molar-refractivity contribution in [2.24, 2.45) is 5.73 Å². The molecule has 0 saturated heterocycles. The molecule has 0 fully saturated rings. The molecule has 4 aromatic rings. The Labute approximate surface area is 260 Å². The second kappa shape index (κ2) is 13.4. The van der Waals surface area contributed by atoms with Crippen molar-refractivity contribution in [3.63, 3.8) is 0 Å². The number of carbonyl (C=O) groups excluding carboxylic acids is 3. The topological polar surface area (TPSA) is 143 Å². The fourth-order valence-corrected chi connectivity index (χ4v) is 5.47. The molecule has 3 aromatic carbocycles. The molecule has 3 amide bonds. The predicted octanol–water partition coefficient (Wildman–Crippen LogP) is 4.16. The SMILES string of the molecule is CC(=O)N(Cc1cncn1Cc1ccc(C#N)cc1)C1CCOc2c(C(=O)N[C@@H](Cc3ccc(Cl)cc3)C(N)=O)cccc21. The van der Waals surface area contributed by atoms with E-state index in [0.29, 0.717) is 41.5 Å². The molecule has 1 aliphatic heterocycles. The highest BCUT2D eigenvalue weighted by atomic mass is 35.5. The number of aromatic nitrogens is 2. The van der Waals surface area contributed by atoms with Gasteiger partial charge in [0.15, 0.2) is 0 Å². The number of primary amides is 1. The molecule has 3 N–H and O–H groups in total. The zero-order chi connectivity index (χ0) is 31.2. The van der Waals surface area contributed by atoms with E-state index >= 15 is 0 Å². The van der Waals surface area contributed by atoms with E-state index < -0.39 is 17.9 Å². The Morgan fingerprint density at radius 2 is 1.86 bits per heavy atom. The molecule has 5 rings (SSSR count). The van der Waals surface area contributed by atoms with Crippen molar-refractivity contribution >= 4 is 29.3 Å². The van der Waals surface area contributed by atoms with Crippen LogP contribution in [0.25, 0.3) is 0 Å². The average molecular weight is 611 g/mol. The van der Waals surface area contributed by atoms with Crippen LogP contribution in [0.3, 0.4) is 0 Å². The third-order valence-electron chi connectivity index (χ3n) is 7.64. The molecule has 2 atom stereocenters. The van der Waals surface area contributed by atoms with E-state index in [1.54, 1.807) is 66.0 Å². The van der Waals surface area contributed by atoms with Gasteiger partial charge in [0, 0.05) is 43.1 Å². The van der Waals surface area contributed by atoms with Gasteiger partial charge in [-0.2, -0.15) is 5.26 Å². The minimum Gasteiger partial charge on any atom is -0.492 e. The van der Waals surface area contributed by atoms with Gasteiger partial charge in [0.2, 0.25) is 11.8 Å². The number of carbonyl (C=O) groups is 3. The molecule has 1 aromatic heterocycles. The van der Waals surface area contributed by atoms with Crippen LogP contribution in [0, 0.1) is 11.3 Å². The van der Waals surface area contributed by atoms with Crippen LogP contribution in [-0.2, 0) is 29.1 Å². The van der Waals surface area contributed by atoms with E-state index in [-0.39, 0.29) is 30.5 Å². The highest BCUT2D eigenvalue weighted by Crippen LogP contribution is 2.39. The summed E-state index contributed by atoms with van der Waals surface area (Å²) in [6, 6.07) is 20.3. The first kappa shape index (κ1) is 30.3. The number of ether oxygens (including phenoxy) is 1. The number of hydrogen-bond donors (Lipinski definition) is 2. The van der Waals surface area contributed by atoms with Gasteiger partial charge in [0.1, 0.15) is 11.8 Å². The highest BCUT2D eigenvalue weighted by molar-refractivity contribution is 6.30. The van der Waals surface area contributed by atoms with Crippen LogP contribution in [0.4, 0.5) is 0 Å². The monoisotopic (exact) mass is 610 g/mol. The largest absolute Gasteiger partial charge is 0.492 e. The zero-order valence-corrected chi connectivity index (χ0v) is 24.8. The minimum atomic E-state index is -0.955. The quantitative estimate of drug-likeness (QED) is 0.276. The number of para-hydroxylation sites is 1. The number of hydrogen-bond acceptors (Lipinski definition) is 6. The van der Waals surface area contributed by atoms with Crippen molar-refractivity contribution < 1.29 is 19.1 Å².